The van der Waals surface area contributed by atoms with Gasteiger partial charge in [-0.3, -0.25) is 0 Å². The van der Waals surface area contributed by atoms with E-state index in [9.17, 15) is 0 Å². The van der Waals surface area contributed by atoms with Crippen LogP contribution in [-0.4, -0.2) is 36.1 Å². The number of hydrogen-bond acceptors (Lipinski definition) is 3. The summed E-state index contributed by atoms with van der Waals surface area (Å²) in [4.78, 5) is 2.79. The largest absolute Gasteiger partial charge is 0.389 e. The Hall–Kier alpha value is -1.13. The van der Waals surface area contributed by atoms with Gasteiger partial charge >= 0.3 is 0 Å². The first-order valence-electron chi connectivity index (χ1n) is 6.35. The minimum Gasteiger partial charge on any atom is -0.389 e. The number of anilines is 1. The molecule has 0 aromatic heterocycles. The molecule has 1 aromatic rings. The molecule has 0 bridgehead atoms. The van der Waals surface area contributed by atoms with Gasteiger partial charge in [-0.1, -0.05) is 12.2 Å². The Labute approximate surface area is 114 Å². The van der Waals surface area contributed by atoms with Gasteiger partial charge in [-0.2, -0.15) is 0 Å². The Balaban J connectivity index is 1.96. The second-order valence-electron chi connectivity index (χ2n) is 5.27. The van der Waals surface area contributed by atoms with Crippen LogP contribution in [0.3, 0.4) is 0 Å². The molecule has 18 heavy (non-hydrogen) atoms. The lowest BCUT2D eigenvalue weighted by Gasteiger charge is -2.47. The molecular formula is C14H21N3S. The van der Waals surface area contributed by atoms with Gasteiger partial charge < -0.3 is 16.0 Å². The van der Waals surface area contributed by atoms with E-state index in [1.165, 1.54) is 19.3 Å². The highest BCUT2D eigenvalue weighted by Crippen LogP contribution is 2.36. The summed E-state index contributed by atoms with van der Waals surface area (Å²) < 4.78 is 0. The van der Waals surface area contributed by atoms with Gasteiger partial charge in [0.05, 0.1) is 0 Å². The number of thiocarbonyl (C=S) groups is 1. The maximum atomic E-state index is 5.58. The van der Waals surface area contributed by atoms with Crippen LogP contribution in [-0.2, 0) is 0 Å². The van der Waals surface area contributed by atoms with Crippen LogP contribution < -0.4 is 11.1 Å². The summed E-state index contributed by atoms with van der Waals surface area (Å²) in [5.41, 5.74) is 7.96. The average molecular weight is 263 g/mol. The smallest absolute Gasteiger partial charge is 0.103 e. The number of hydrogen-bond donors (Lipinski definition) is 2. The molecule has 0 unspecified atom stereocenters. The Morgan fingerprint density at radius 3 is 2.33 bits per heavy atom. The summed E-state index contributed by atoms with van der Waals surface area (Å²) in [6.45, 7) is 0.992. The summed E-state index contributed by atoms with van der Waals surface area (Å²) in [5.74, 6) is 0. The number of likely N-dealkylation sites (N-methyl/N-ethyl adjacent to an activating group) is 1. The maximum absolute atomic E-state index is 5.58. The number of benzene rings is 1. The van der Waals surface area contributed by atoms with E-state index in [0.29, 0.717) is 10.5 Å². The topological polar surface area (TPSA) is 41.3 Å². The number of nitrogens with two attached hydrogens (primary N) is 1. The maximum Gasteiger partial charge on any atom is 0.103 e. The zero-order chi connectivity index (χ0) is 13.2. The Kier molecular flexibility index (Phi) is 3.88. The molecule has 1 fully saturated rings. The lowest BCUT2D eigenvalue weighted by molar-refractivity contribution is 0.0739. The summed E-state index contributed by atoms with van der Waals surface area (Å²) in [6, 6.07) is 8.01. The van der Waals surface area contributed by atoms with Gasteiger partial charge in [0.25, 0.3) is 0 Å². The molecule has 1 aliphatic rings. The Morgan fingerprint density at radius 2 is 1.94 bits per heavy atom. The zero-order valence-electron chi connectivity index (χ0n) is 11.1. The second kappa shape index (κ2) is 5.24. The molecule has 4 heteroatoms. The molecule has 0 saturated heterocycles. The fourth-order valence-corrected chi connectivity index (χ4v) is 2.52. The van der Waals surface area contributed by atoms with E-state index in [4.69, 9.17) is 18.0 Å². The van der Waals surface area contributed by atoms with Gasteiger partial charge in [-0.05, 0) is 57.6 Å². The van der Waals surface area contributed by atoms with E-state index >= 15 is 0 Å². The Morgan fingerprint density at radius 1 is 1.33 bits per heavy atom. The van der Waals surface area contributed by atoms with E-state index in [1.807, 2.05) is 24.3 Å². The molecular weight excluding hydrogens is 242 g/mol. The van der Waals surface area contributed by atoms with Crippen LogP contribution in [0, 0.1) is 0 Å². The van der Waals surface area contributed by atoms with Crippen LogP contribution in [0.15, 0.2) is 24.3 Å². The summed E-state index contributed by atoms with van der Waals surface area (Å²) in [6.07, 6.45) is 3.89. The third-order valence-electron chi connectivity index (χ3n) is 4.02. The van der Waals surface area contributed by atoms with Gasteiger partial charge in [0.2, 0.25) is 0 Å². The van der Waals surface area contributed by atoms with Crippen molar-refractivity contribution in [2.45, 2.75) is 24.8 Å². The van der Waals surface area contributed by atoms with Crippen molar-refractivity contribution in [1.82, 2.24) is 4.90 Å². The molecule has 0 amide bonds. The van der Waals surface area contributed by atoms with Crippen LogP contribution in [0.5, 0.6) is 0 Å². The van der Waals surface area contributed by atoms with Crippen molar-refractivity contribution in [3.8, 4) is 0 Å². The summed E-state index contributed by atoms with van der Waals surface area (Å²) in [5, 5.41) is 3.51. The molecule has 0 atom stereocenters. The van der Waals surface area contributed by atoms with Crippen molar-refractivity contribution in [3.05, 3.63) is 29.8 Å². The van der Waals surface area contributed by atoms with Crippen molar-refractivity contribution in [1.29, 1.82) is 0 Å². The van der Waals surface area contributed by atoms with Crippen molar-refractivity contribution in [2.24, 2.45) is 5.73 Å². The molecule has 0 aliphatic heterocycles. The monoisotopic (exact) mass is 263 g/mol. The molecule has 0 heterocycles. The van der Waals surface area contributed by atoms with Crippen molar-refractivity contribution in [3.63, 3.8) is 0 Å². The first-order valence-corrected chi connectivity index (χ1v) is 6.75. The van der Waals surface area contributed by atoms with E-state index in [0.717, 1.165) is 17.8 Å². The molecule has 3 N–H and O–H groups in total. The van der Waals surface area contributed by atoms with E-state index in [1.54, 1.807) is 0 Å². The van der Waals surface area contributed by atoms with Crippen LogP contribution in [0.1, 0.15) is 24.8 Å². The van der Waals surface area contributed by atoms with Crippen LogP contribution in [0.25, 0.3) is 0 Å². The van der Waals surface area contributed by atoms with Gasteiger partial charge in [0.15, 0.2) is 0 Å². The van der Waals surface area contributed by atoms with Gasteiger partial charge in [0.1, 0.15) is 4.99 Å². The highest BCUT2D eigenvalue weighted by atomic mass is 32.1. The fraction of sp³-hybridized carbons (Fsp3) is 0.500. The molecule has 3 nitrogen and oxygen atoms in total. The number of rotatable bonds is 5. The summed E-state index contributed by atoms with van der Waals surface area (Å²) >= 11 is 4.94. The van der Waals surface area contributed by atoms with Crippen molar-refractivity contribution >= 4 is 22.9 Å². The average Bonchev–Trinajstić information content (AvgIpc) is 2.27. The van der Waals surface area contributed by atoms with Crippen LogP contribution >= 0.6 is 12.2 Å². The molecule has 1 aliphatic carbocycles. The molecule has 2 rings (SSSR count). The van der Waals surface area contributed by atoms with E-state index in [2.05, 4.69) is 24.3 Å². The fourth-order valence-electron chi connectivity index (χ4n) is 2.39. The second-order valence-corrected chi connectivity index (χ2v) is 5.71. The zero-order valence-corrected chi connectivity index (χ0v) is 11.9. The summed E-state index contributed by atoms with van der Waals surface area (Å²) in [7, 11) is 4.33. The van der Waals surface area contributed by atoms with E-state index in [-0.39, 0.29) is 0 Å². The third kappa shape index (κ3) is 2.65. The van der Waals surface area contributed by atoms with Gasteiger partial charge in [0, 0.05) is 23.3 Å². The molecule has 0 spiro atoms. The van der Waals surface area contributed by atoms with Crippen molar-refractivity contribution in [2.75, 3.05) is 26.0 Å². The normalized spacial score (nSPS) is 17.3. The molecule has 1 saturated carbocycles. The molecule has 0 radical (unpaired) electrons. The third-order valence-corrected chi connectivity index (χ3v) is 4.26. The number of nitrogens with one attached hydrogen (secondary N) is 1. The molecule has 1 aromatic carbocycles. The lowest BCUT2D eigenvalue weighted by atomic mass is 9.75. The first kappa shape index (κ1) is 13.3. The minimum atomic E-state index is 0.335. The predicted molar refractivity (Wildman–Crippen MR) is 81.1 cm³/mol. The SMILES string of the molecule is CN(C)C1(CNc2ccc(C(N)=S)cc2)CCC1. The standard InChI is InChI=1S/C14H21N3S/c1-17(2)14(8-3-9-14)10-16-12-6-4-11(5-7-12)13(15)18/h4-7,16H,3,8-10H2,1-2H3,(H2,15,18). The predicted octanol–water partition coefficient (Wildman–Crippen LogP) is 2.22. The van der Waals surface area contributed by atoms with E-state index < -0.39 is 0 Å². The lowest BCUT2D eigenvalue weighted by Crippen LogP contribution is -2.54. The minimum absolute atomic E-state index is 0.335. The van der Waals surface area contributed by atoms with Gasteiger partial charge in [-0.15, -0.1) is 0 Å². The highest BCUT2D eigenvalue weighted by molar-refractivity contribution is 7.80. The number of nitrogens with zero attached hydrogens (tertiary/aromatic N) is 1. The quantitative estimate of drug-likeness (QED) is 0.799. The Bertz CT molecular complexity index is 421. The van der Waals surface area contributed by atoms with Crippen LogP contribution in [0.2, 0.25) is 0 Å². The molecule has 98 valence electrons. The first-order chi connectivity index (χ1) is 8.53. The van der Waals surface area contributed by atoms with Crippen molar-refractivity contribution < 1.29 is 0 Å². The highest BCUT2D eigenvalue weighted by Gasteiger charge is 2.38. The van der Waals surface area contributed by atoms with Crippen LogP contribution in [0.4, 0.5) is 5.69 Å². The van der Waals surface area contributed by atoms with Gasteiger partial charge in [-0.25, -0.2) is 0 Å².